The lowest BCUT2D eigenvalue weighted by Gasteiger charge is -2.08. The zero-order valence-corrected chi connectivity index (χ0v) is 10.8. The Kier molecular flexibility index (Phi) is 3.61. The van der Waals surface area contributed by atoms with Gasteiger partial charge in [0.2, 0.25) is 11.0 Å². The topological polar surface area (TPSA) is 63.8 Å². The number of rotatable bonds is 3. The van der Waals surface area contributed by atoms with Crippen molar-refractivity contribution in [3.05, 3.63) is 35.2 Å². The largest absolute Gasteiger partial charge is 0.452 e. The summed E-state index contributed by atoms with van der Waals surface area (Å²) in [6, 6.07) is 5.41. The van der Waals surface area contributed by atoms with Crippen molar-refractivity contribution in [1.29, 1.82) is 0 Å². The normalized spacial score (nSPS) is 11.6. The summed E-state index contributed by atoms with van der Waals surface area (Å²) in [6.07, 6.45) is -4.51. The molecule has 102 valence electrons. The molecule has 19 heavy (non-hydrogen) atoms. The maximum Gasteiger partial charge on any atom is 0.452 e. The van der Waals surface area contributed by atoms with Gasteiger partial charge in [-0.3, -0.25) is 0 Å². The monoisotopic (exact) mass is 288 g/mol. The number of alkyl halides is 3. The van der Waals surface area contributed by atoms with E-state index < -0.39 is 12.0 Å². The van der Waals surface area contributed by atoms with Gasteiger partial charge in [0.1, 0.15) is 0 Å². The third kappa shape index (κ3) is 3.14. The molecule has 0 amide bonds. The summed E-state index contributed by atoms with van der Waals surface area (Å²) >= 11 is 0.682. The molecule has 1 aromatic carbocycles. The van der Waals surface area contributed by atoms with E-state index in [9.17, 15) is 13.2 Å². The minimum atomic E-state index is -4.51. The molecule has 0 aliphatic rings. The van der Waals surface area contributed by atoms with Crippen molar-refractivity contribution in [1.82, 2.24) is 9.36 Å². The molecule has 0 saturated heterocycles. The third-order valence-corrected chi connectivity index (χ3v) is 3.27. The third-order valence-electron chi connectivity index (χ3n) is 2.60. The SMILES string of the molecule is Cc1c(N)cccc1CNc1nc(C(F)(F)F)ns1. The van der Waals surface area contributed by atoms with Crippen molar-refractivity contribution in [2.45, 2.75) is 19.6 Å². The molecular formula is C11H11F3N4S. The van der Waals surface area contributed by atoms with Gasteiger partial charge in [0.25, 0.3) is 0 Å². The highest BCUT2D eigenvalue weighted by atomic mass is 32.1. The van der Waals surface area contributed by atoms with Crippen LogP contribution in [0, 0.1) is 6.92 Å². The van der Waals surface area contributed by atoms with Crippen LogP contribution in [0.1, 0.15) is 17.0 Å². The van der Waals surface area contributed by atoms with Crippen LogP contribution in [-0.4, -0.2) is 9.36 Å². The molecule has 2 rings (SSSR count). The molecule has 0 saturated carbocycles. The zero-order valence-electron chi connectivity index (χ0n) is 9.95. The van der Waals surface area contributed by atoms with Crippen LogP contribution < -0.4 is 11.1 Å². The Morgan fingerprint density at radius 2 is 2.11 bits per heavy atom. The zero-order chi connectivity index (χ0) is 14.0. The summed E-state index contributed by atoms with van der Waals surface area (Å²) in [5.74, 6) is -1.12. The van der Waals surface area contributed by atoms with Crippen LogP contribution in [0.4, 0.5) is 24.0 Å². The fourth-order valence-corrected chi connectivity index (χ4v) is 2.06. The lowest BCUT2D eigenvalue weighted by atomic mass is 10.1. The molecule has 0 spiro atoms. The second kappa shape index (κ2) is 5.04. The highest BCUT2D eigenvalue weighted by Gasteiger charge is 2.36. The van der Waals surface area contributed by atoms with Crippen molar-refractivity contribution in [2.24, 2.45) is 0 Å². The number of nitrogens with two attached hydrogens (primary N) is 1. The van der Waals surface area contributed by atoms with Crippen molar-refractivity contribution in [3.8, 4) is 0 Å². The van der Waals surface area contributed by atoms with Crippen LogP contribution in [-0.2, 0) is 12.7 Å². The Morgan fingerprint density at radius 3 is 2.74 bits per heavy atom. The number of hydrogen-bond donors (Lipinski definition) is 2. The highest BCUT2D eigenvalue weighted by molar-refractivity contribution is 7.09. The number of nitrogen functional groups attached to an aromatic ring is 1. The predicted molar refractivity (Wildman–Crippen MR) is 67.8 cm³/mol. The van der Waals surface area contributed by atoms with Gasteiger partial charge >= 0.3 is 6.18 Å². The molecule has 3 N–H and O–H groups in total. The first-order valence-electron chi connectivity index (χ1n) is 5.36. The number of hydrogen-bond acceptors (Lipinski definition) is 5. The van der Waals surface area contributed by atoms with Crippen LogP contribution in [0.5, 0.6) is 0 Å². The van der Waals surface area contributed by atoms with Gasteiger partial charge in [0.05, 0.1) is 0 Å². The van der Waals surface area contributed by atoms with Crippen molar-refractivity contribution < 1.29 is 13.2 Å². The van der Waals surface area contributed by atoms with E-state index >= 15 is 0 Å². The van der Waals surface area contributed by atoms with Crippen LogP contribution in [0.3, 0.4) is 0 Å². The molecule has 0 atom stereocenters. The maximum absolute atomic E-state index is 12.3. The lowest BCUT2D eigenvalue weighted by molar-refractivity contribution is -0.144. The van der Waals surface area contributed by atoms with E-state index in [2.05, 4.69) is 14.7 Å². The second-order valence-electron chi connectivity index (χ2n) is 3.91. The van der Waals surface area contributed by atoms with Crippen molar-refractivity contribution in [3.63, 3.8) is 0 Å². The number of anilines is 2. The summed E-state index contributed by atoms with van der Waals surface area (Å²) in [6.45, 7) is 2.21. The maximum atomic E-state index is 12.3. The summed E-state index contributed by atoms with van der Waals surface area (Å²) in [4.78, 5) is 3.39. The van der Waals surface area contributed by atoms with Crippen LogP contribution in [0.2, 0.25) is 0 Å². The van der Waals surface area contributed by atoms with Crippen LogP contribution in [0.25, 0.3) is 0 Å². The van der Waals surface area contributed by atoms with Gasteiger partial charge in [0, 0.05) is 23.8 Å². The molecule has 0 radical (unpaired) electrons. The summed E-state index contributed by atoms with van der Waals surface area (Å²) in [7, 11) is 0. The minimum Gasteiger partial charge on any atom is -0.399 e. The van der Waals surface area contributed by atoms with Gasteiger partial charge in [-0.2, -0.15) is 22.5 Å². The van der Waals surface area contributed by atoms with Crippen LogP contribution >= 0.6 is 11.5 Å². The summed E-state index contributed by atoms with van der Waals surface area (Å²) < 4.78 is 40.2. The first-order valence-corrected chi connectivity index (χ1v) is 6.14. The molecule has 1 heterocycles. The van der Waals surface area contributed by atoms with Gasteiger partial charge < -0.3 is 11.1 Å². The van der Waals surface area contributed by atoms with Gasteiger partial charge in [0.15, 0.2) is 0 Å². The first kappa shape index (κ1) is 13.6. The Hall–Kier alpha value is -1.83. The van der Waals surface area contributed by atoms with E-state index in [1.165, 1.54) is 0 Å². The number of halogens is 3. The molecule has 2 aromatic rings. The molecule has 0 aliphatic heterocycles. The van der Waals surface area contributed by atoms with Crippen molar-refractivity contribution in [2.75, 3.05) is 11.1 Å². The molecule has 0 unspecified atom stereocenters. The fraction of sp³-hybridized carbons (Fsp3) is 0.273. The highest BCUT2D eigenvalue weighted by Crippen LogP contribution is 2.29. The molecule has 0 aliphatic carbocycles. The summed E-state index contributed by atoms with van der Waals surface area (Å²) in [5, 5.41) is 2.94. The lowest BCUT2D eigenvalue weighted by Crippen LogP contribution is -2.08. The van der Waals surface area contributed by atoms with E-state index in [1.54, 1.807) is 12.1 Å². The van der Waals surface area contributed by atoms with E-state index in [0.29, 0.717) is 23.8 Å². The van der Waals surface area contributed by atoms with Gasteiger partial charge in [-0.25, -0.2) is 0 Å². The average Bonchev–Trinajstić information content (AvgIpc) is 2.79. The Balaban J connectivity index is 2.07. The average molecular weight is 288 g/mol. The number of nitrogens with one attached hydrogen (secondary N) is 1. The Labute approximate surface area is 111 Å². The first-order chi connectivity index (χ1) is 8.88. The molecular weight excluding hydrogens is 277 g/mol. The van der Waals surface area contributed by atoms with Gasteiger partial charge in [-0.05, 0) is 24.1 Å². The predicted octanol–water partition coefficient (Wildman–Crippen LogP) is 3.06. The van der Waals surface area contributed by atoms with Crippen LogP contribution in [0.15, 0.2) is 18.2 Å². The molecule has 1 aromatic heterocycles. The molecule has 8 heteroatoms. The van der Waals surface area contributed by atoms with E-state index in [-0.39, 0.29) is 5.13 Å². The standard InChI is InChI=1S/C11H11F3N4S/c1-6-7(3-2-4-8(6)15)5-16-10-17-9(18-19-10)11(12,13)14/h2-4H,5,15H2,1H3,(H,16,17,18). The molecule has 0 bridgehead atoms. The number of benzene rings is 1. The van der Waals surface area contributed by atoms with E-state index in [4.69, 9.17) is 5.73 Å². The smallest absolute Gasteiger partial charge is 0.399 e. The minimum absolute atomic E-state index is 0.133. The summed E-state index contributed by atoms with van der Waals surface area (Å²) in [5.41, 5.74) is 8.20. The Morgan fingerprint density at radius 1 is 1.37 bits per heavy atom. The van der Waals surface area contributed by atoms with E-state index in [1.807, 2.05) is 13.0 Å². The van der Waals surface area contributed by atoms with Crippen molar-refractivity contribution >= 4 is 22.4 Å². The van der Waals surface area contributed by atoms with E-state index in [0.717, 1.165) is 11.1 Å². The second-order valence-corrected chi connectivity index (χ2v) is 4.66. The molecule has 4 nitrogen and oxygen atoms in total. The molecule has 0 fully saturated rings. The quantitative estimate of drug-likeness (QED) is 0.852. The van der Waals surface area contributed by atoms with Gasteiger partial charge in [-0.1, -0.05) is 12.1 Å². The fourth-order valence-electron chi connectivity index (χ4n) is 1.48. The Bertz CT molecular complexity index is 580. The number of aromatic nitrogens is 2. The number of nitrogens with zero attached hydrogens (tertiary/aromatic N) is 2. The van der Waals surface area contributed by atoms with Gasteiger partial charge in [-0.15, -0.1) is 0 Å².